The van der Waals surface area contributed by atoms with Gasteiger partial charge < -0.3 is 34.1 Å². The third-order valence-corrected chi connectivity index (χ3v) is 7.10. The van der Waals surface area contributed by atoms with Crippen molar-refractivity contribution in [1.29, 1.82) is 0 Å². The van der Waals surface area contributed by atoms with Crippen molar-refractivity contribution in [3.8, 4) is 28.7 Å². The molecule has 0 aliphatic carbocycles. The molecule has 0 unspecified atom stereocenters. The monoisotopic (exact) mass is 594 g/mol. The summed E-state index contributed by atoms with van der Waals surface area (Å²) in [5.41, 5.74) is -0.595. The van der Waals surface area contributed by atoms with Gasteiger partial charge in [-0.15, -0.1) is 22.0 Å². The zero-order chi connectivity index (χ0) is 30.0. The van der Waals surface area contributed by atoms with Crippen LogP contribution in [0, 0.1) is 0 Å². The predicted octanol–water partition coefficient (Wildman–Crippen LogP) is 5.03. The van der Waals surface area contributed by atoms with Gasteiger partial charge in [0, 0.05) is 35.9 Å². The topological polar surface area (TPSA) is 125 Å². The second-order valence-corrected chi connectivity index (χ2v) is 9.98. The Morgan fingerprint density at radius 3 is 2.45 bits per heavy atom. The molecule has 6 rings (SSSR count). The zero-order valence-corrected chi connectivity index (χ0v) is 21.3. The van der Waals surface area contributed by atoms with E-state index in [4.69, 9.17) is 14.6 Å². The second kappa shape index (κ2) is 9.36. The van der Waals surface area contributed by atoms with Gasteiger partial charge in [0.25, 0.3) is 0 Å². The lowest BCUT2D eigenvalue weighted by molar-refractivity contribution is -0.286. The van der Waals surface area contributed by atoms with Crippen LogP contribution in [-0.4, -0.2) is 41.2 Å². The van der Waals surface area contributed by atoms with Crippen molar-refractivity contribution in [2.45, 2.75) is 43.6 Å². The van der Waals surface area contributed by atoms with E-state index in [-0.39, 0.29) is 52.8 Å². The van der Waals surface area contributed by atoms with Gasteiger partial charge in [-0.1, -0.05) is 0 Å². The summed E-state index contributed by atoms with van der Waals surface area (Å²) < 4.78 is 90.4. The molecule has 3 aliphatic heterocycles. The van der Waals surface area contributed by atoms with Crippen molar-refractivity contribution in [2.75, 3.05) is 6.61 Å². The van der Waals surface area contributed by atoms with Crippen LogP contribution in [0.15, 0.2) is 48.7 Å². The largest absolute Gasteiger partial charge is 0.586 e. The van der Waals surface area contributed by atoms with Crippen LogP contribution in [0.5, 0.6) is 28.7 Å². The maximum atomic E-state index is 13.7. The molecule has 10 nitrogen and oxygen atoms in total. The molecule has 3 aliphatic rings. The number of hydrogen-bond donors (Lipinski definition) is 2. The number of carboxylic acids is 1. The fraction of sp³-hybridized carbons (Fsp3) is 0.296. The van der Waals surface area contributed by atoms with Crippen molar-refractivity contribution in [1.82, 2.24) is 10.3 Å². The van der Waals surface area contributed by atoms with Gasteiger partial charge >= 0.3 is 18.6 Å². The molecule has 0 bridgehead atoms. The van der Waals surface area contributed by atoms with Crippen molar-refractivity contribution < 1.29 is 60.3 Å². The molecule has 1 aromatic heterocycles. The van der Waals surface area contributed by atoms with Gasteiger partial charge in [0.2, 0.25) is 5.91 Å². The summed E-state index contributed by atoms with van der Waals surface area (Å²) in [7, 11) is 0. The molecule has 3 atom stereocenters. The number of aromatic nitrogens is 1. The Kier molecular flexibility index (Phi) is 6.09. The van der Waals surface area contributed by atoms with Gasteiger partial charge in [0.15, 0.2) is 11.5 Å². The molecule has 0 radical (unpaired) electrons. The van der Waals surface area contributed by atoms with Crippen LogP contribution in [0.4, 0.5) is 22.0 Å². The molecule has 15 heteroatoms. The van der Waals surface area contributed by atoms with E-state index in [9.17, 15) is 31.5 Å². The number of amides is 1. The number of benzene rings is 2. The smallest absolute Gasteiger partial charge is 0.492 e. The fourth-order valence-electron chi connectivity index (χ4n) is 5.02. The minimum absolute atomic E-state index is 0.0266. The lowest BCUT2D eigenvalue weighted by Gasteiger charge is -2.34. The number of ether oxygens (including phenoxy) is 5. The number of alkyl halides is 5. The Bertz CT molecular complexity index is 1600. The van der Waals surface area contributed by atoms with Gasteiger partial charge in [0.1, 0.15) is 35.4 Å². The van der Waals surface area contributed by atoms with E-state index >= 15 is 0 Å². The van der Waals surface area contributed by atoms with Crippen LogP contribution in [0.1, 0.15) is 52.7 Å². The standard InChI is InChI=1S/C27H19F5N2O8/c1-25(11-38-19-9-22-21(7-15(19)25)41-27(31,32)42-22)24(37)34-17-8-20(16-5-2-12(10-33-16)23(35)36)39-18-6-13(3-4-14(17)18)40-26(28,29)30/h2-7,9-10,17,20H,8,11H2,1H3,(H,34,37)(H,35,36)/t17-,20-,25+/m1/s1. The molecule has 2 N–H and O–H groups in total. The van der Waals surface area contributed by atoms with Gasteiger partial charge in [-0.3, -0.25) is 9.78 Å². The fourth-order valence-corrected chi connectivity index (χ4v) is 5.02. The average Bonchev–Trinajstić information content (AvgIpc) is 3.40. The Balaban J connectivity index is 1.31. The number of nitrogens with zero attached hydrogens (tertiary/aromatic N) is 1. The molecule has 0 saturated heterocycles. The van der Waals surface area contributed by atoms with Gasteiger partial charge in [-0.25, -0.2) is 4.79 Å². The highest BCUT2D eigenvalue weighted by Gasteiger charge is 2.49. The second-order valence-electron chi connectivity index (χ2n) is 9.98. The van der Waals surface area contributed by atoms with Crippen LogP contribution < -0.4 is 29.0 Å². The zero-order valence-electron chi connectivity index (χ0n) is 21.3. The number of carbonyl (C=O) groups excluding carboxylic acids is 1. The summed E-state index contributed by atoms with van der Waals surface area (Å²) >= 11 is 0. The van der Waals surface area contributed by atoms with E-state index in [1.165, 1.54) is 30.3 Å². The Morgan fingerprint density at radius 2 is 1.79 bits per heavy atom. The van der Waals surface area contributed by atoms with Crippen molar-refractivity contribution in [3.05, 3.63) is 71.0 Å². The molecule has 2 aromatic carbocycles. The first-order valence-corrected chi connectivity index (χ1v) is 12.3. The molecule has 3 aromatic rings. The summed E-state index contributed by atoms with van der Waals surface area (Å²) in [6.07, 6.45) is -8.57. The number of rotatable bonds is 5. The van der Waals surface area contributed by atoms with Gasteiger partial charge in [-0.2, -0.15) is 0 Å². The number of fused-ring (bicyclic) bond motifs is 3. The van der Waals surface area contributed by atoms with Crippen molar-refractivity contribution >= 4 is 11.9 Å². The maximum Gasteiger partial charge on any atom is 0.586 e. The van der Waals surface area contributed by atoms with Crippen LogP contribution in [-0.2, 0) is 10.2 Å². The molecule has 220 valence electrons. The highest BCUT2D eigenvalue weighted by molar-refractivity contribution is 5.90. The highest BCUT2D eigenvalue weighted by atomic mass is 19.4. The molecule has 0 saturated carbocycles. The number of hydrogen-bond acceptors (Lipinski definition) is 8. The number of pyridine rings is 1. The maximum absolute atomic E-state index is 13.7. The molecular formula is C27H19F5N2O8. The SMILES string of the molecule is C[C@]1(C(=O)N[C@@H]2C[C@H](c3ccc(C(=O)O)cn3)Oc3cc(OC(F)(F)F)ccc32)COc2cc3c(cc21)OC(F)(F)O3. The Labute approximate surface area is 232 Å². The number of nitrogens with one attached hydrogen (secondary N) is 1. The molecule has 42 heavy (non-hydrogen) atoms. The number of carbonyl (C=O) groups is 2. The summed E-state index contributed by atoms with van der Waals surface area (Å²) in [4.78, 5) is 29.1. The van der Waals surface area contributed by atoms with E-state index in [2.05, 4.69) is 24.5 Å². The summed E-state index contributed by atoms with van der Waals surface area (Å²) in [5, 5.41) is 12.0. The van der Waals surface area contributed by atoms with E-state index < -0.39 is 47.8 Å². The lowest BCUT2D eigenvalue weighted by Crippen LogP contribution is -2.46. The first kappa shape index (κ1) is 27.4. The van der Waals surface area contributed by atoms with Crippen LogP contribution in [0.3, 0.4) is 0 Å². The average molecular weight is 594 g/mol. The highest BCUT2D eigenvalue weighted by Crippen LogP contribution is 2.50. The molecule has 0 fully saturated rings. The third-order valence-electron chi connectivity index (χ3n) is 7.10. The minimum Gasteiger partial charge on any atom is -0.492 e. The number of halogens is 5. The predicted molar refractivity (Wildman–Crippen MR) is 129 cm³/mol. The molecular weight excluding hydrogens is 575 g/mol. The van der Waals surface area contributed by atoms with Crippen molar-refractivity contribution in [3.63, 3.8) is 0 Å². The summed E-state index contributed by atoms with van der Waals surface area (Å²) in [6.45, 7) is 1.39. The minimum atomic E-state index is -4.96. The van der Waals surface area contributed by atoms with Crippen LogP contribution in [0.2, 0.25) is 0 Å². The molecule has 4 heterocycles. The van der Waals surface area contributed by atoms with Gasteiger partial charge in [0.05, 0.1) is 17.3 Å². The molecule has 0 spiro atoms. The van der Waals surface area contributed by atoms with E-state index in [0.717, 1.165) is 18.3 Å². The van der Waals surface area contributed by atoms with E-state index in [1.54, 1.807) is 6.92 Å². The third kappa shape index (κ3) is 4.94. The first-order valence-electron chi connectivity index (χ1n) is 12.3. The Morgan fingerprint density at radius 1 is 1.05 bits per heavy atom. The van der Waals surface area contributed by atoms with Crippen LogP contribution in [0.25, 0.3) is 0 Å². The van der Waals surface area contributed by atoms with E-state index in [1.807, 2.05) is 0 Å². The quantitative estimate of drug-likeness (QED) is 0.391. The molecule has 1 amide bonds. The normalized spacial score (nSPS) is 23.2. The summed E-state index contributed by atoms with van der Waals surface area (Å²) in [6, 6.07) is 7.73. The summed E-state index contributed by atoms with van der Waals surface area (Å²) in [5.74, 6) is -2.74. The Hall–Kier alpha value is -4.82. The van der Waals surface area contributed by atoms with Crippen molar-refractivity contribution in [2.24, 2.45) is 0 Å². The van der Waals surface area contributed by atoms with Crippen LogP contribution >= 0.6 is 0 Å². The lowest BCUT2D eigenvalue weighted by atomic mass is 9.82. The van der Waals surface area contributed by atoms with E-state index in [0.29, 0.717) is 5.56 Å². The van der Waals surface area contributed by atoms with Gasteiger partial charge in [-0.05, 0) is 37.3 Å². The number of carboxylic acid groups (broad SMARTS) is 1. The first-order chi connectivity index (χ1) is 19.7. The number of aromatic carboxylic acids is 1.